The Balaban J connectivity index is 1.08. The van der Waals surface area contributed by atoms with Gasteiger partial charge < -0.3 is 9.32 Å². The second kappa shape index (κ2) is 13.3. The highest BCUT2D eigenvalue weighted by molar-refractivity contribution is 6.10. The van der Waals surface area contributed by atoms with Gasteiger partial charge in [0.05, 0.1) is 0 Å². The van der Waals surface area contributed by atoms with Gasteiger partial charge >= 0.3 is 0 Å². The van der Waals surface area contributed by atoms with Crippen molar-refractivity contribution in [3.63, 3.8) is 0 Å². The van der Waals surface area contributed by atoms with Gasteiger partial charge in [-0.15, -0.1) is 0 Å². The molecule has 5 heteroatoms. The summed E-state index contributed by atoms with van der Waals surface area (Å²) in [6.45, 7) is 0. The first-order valence-corrected chi connectivity index (χ1v) is 18.0. The Hall–Kier alpha value is -7.37. The maximum Gasteiger partial charge on any atom is 0.164 e. The molecule has 0 amide bonds. The smallest absolute Gasteiger partial charge is 0.164 e. The van der Waals surface area contributed by atoms with E-state index in [9.17, 15) is 0 Å². The van der Waals surface area contributed by atoms with Crippen LogP contribution in [0.3, 0.4) is 0 Å². The third kappa shape index (κ3) is 5.74. The summed E-state index contributed by atoms with van der Waals surface area (Å²) in [5.41, 5.74) is 9.66. The van der Waals surface area contributed by atoms with Gasteiger partial charge in [-0.05, 0) is 64.9 Å². The summed E-state index contributed by atoms with van der Waals surface area (Å²) < 4.78 is 6.76. The van der Waals surface area contributed by atoms with Crippen LogP contribution in [-0.2, 0) is 0 Å². The number of rotatable bonds is 7. The molecule has 0 N–H and O–H groups in total. The molecule has 5 nitrogen and oxygen atoms in total. The average molecular weight is 693 g/mol. The van der Waals surface area contributed by atoms with Crippen molar-refractivity contribution in [3.8, 4) is 45.3 Å². The van der Waals surface area contributed by atoms with E-state index >= 15 is 0 Å². The first kappa shape index (κ1) is 31.4. The van der Waals surface area contributed by atoms with Crippen LogP contribution in [0.5, 0.6) is 0 Å². The Kier molecular flexibility index (Phi) is 7.73. The lowest BCUT2D eigenvalue weighted by molar-refractivity contribution is 0.670. The third-order valence-electron chi connectivity index (χ3n) is 9.88. The molecule has 0 fully saturated rings. The van der Waals surface area contributed by atoms with E-state index in [0.717, 1.165) is 66.8 Å². The van der Waals surface area contributed by atoms with Gasteiger partial charge in [-0.25, -0.2) is 15.0 Å². The monoisotopic (exact) mass is 692 g/mol. The lowest BCUT2D eigenvalue weighted by Gasteiger charge is -2.26. The van der Waals surface area contributed by atoms with Gasteiger partial charge in [0.25, 0.3) is 0 Å². The van der Waals surface area contributed by atoms with Gasteiger partial charge in [-0.1, -0.05) is 146 Å². The van der Waals surface area contributed by atoms with Crippen molar-refractivity contribution in [1.29, 1.82) is 0 Å². The molecular formula is C49H32N4O. The minimum atomic E-state index is 0.590. The fraction of sp³-hybridized carbons (Fsp3) is 0. The number of benzene rings is 8. The molecule has 8 aromatic carbocycles. The molecule has 0 atom stereocenters. The molecule has 10 aromatic rings. The predicted octanol–water partition coefficient (Wildman–Crippen LogP) is 13.1. The largest absolute Gasteiger partial charge is 0.455 e. The Labute approximate surface area is 312 Å². The van der Waals surface area contributed by atoms with Crippen molar-refractivity contribution in [1.82, 2.24) is 15.0 Å². The molecule has 2 aromatic heterocycles. The summed E-state index contributed by atoms with van der Waals surface area (Å²) in [7, 11) is 0. The normalized spacial score (nSPS) is 11.3. The fourth-order valence-corrected chi connectivity index (χ4v) is 7.26. The molecule has 0 aliphatic heterocycles. The zero-order valence-corrected chi connectivity index (χ0v) is 29.2. The van der Waals surface area contributed by atoms with Crippen LogP contribution < -0.4 is 4.90 Å². The van der Waals surface area contributed by atoms with Crippen molar-refractivity contribution in [3.05, 3.63) is 194 Å². The molecule has 0 aliphatic carbocycles. The van der Waals surface area contributed by atoms with Crippen LogP contribution in [0.2, 0.25) is 0 Å². The lowest BCUT2D eigenvalue weighted by atomic mass is 10.0. The standard InChI is InChI=1S/C49H32N4O/c1-4-15-34(16-5-1)47-50-48(35-17-6-2-7-18-35)52-49(51-47)38-27-29-43-44-25-13-24-42(46(44)54-45(43)32-38)37-20-12-23-40(31-37)53(39-21-8-3-9-22-39)41-28-26-33-14-10-11-19-36(33)30-41/h1-32H. The number of furan rings is 1. The zero-order chi connectivity index (χ0) is 35.8. The highest BCUT2D eigenvalue weighted by atomic mass is 16.3. The maximum absolute atomic E-state index is 6.76. The SMILES string of the molecule is c1ccc(-c2nc(-c3ccccc3)nc(-c3ccc4c(c3)oc3c(-c5cccc(N(c6ccccc6)c6ccc7ccccc7c6)c5)cccc34)n2)cc1. The van der Waals surface area contributed by atoms with Gasteiger partial charge in [0, 0.05) is 50.1 Å². The first-order valence-electron chi connectivity index (χ1n) is 18.0. The van der Waals surface area contributed by atoms with Crippen molar-refractivity contribution < 1.29 is 4.42 Å². The molecule has 10 rings (SSSR count). The number of hydrogen-bond acceptors (Lipinski definition) is 5. The van der Waals surface area contributed by atoms with E-state index in [1.165, 1.54) is 10.8 Å². The van der Waals surface area contributed by atoms with Gasteiger partial charge in [0.1, 0.15) is 11.2 Å². The maximum atomic E-state index is 6.76. The molecule has 0 aliphatic rings. The number of fused-ring (bicyclic) bond motifs is 4. The number of hydrogen-bond donors (Lipinski definition) is 0. The van der Waals surface area contributed by atoms with Crippen LogP contribution in [0.25, 0.3) is 78.0 Å². The average Bonchev–Trinajstić information content (AvgIpc) is 3.63. The van der Waals surface area contributed by atoms with Crippen molar-refractivity contribution in [2.75, 3.05) is 4.90 Å². The molecule has 0 spiro atoms. The first-order chi connectivity index (χ1) is 26.7. The van der Waals surface area contributed by atoms with Crippen LogP contribution in [0.1, 0.15) is 0 Å². The predicted molar refractivity (Wildman–Crippen MR) is 221 cm³/mol. The second-order valence-electron chi connectivity index (χ2n) is 13.3. The lowest BCUT2D eigenvalue weighted by Crippen LogP contribution is -2.09. The van der Waals surface area contributed by atoms with E-state index < -0.39 is 0 Å². The number of nitrogens with zero attached hydrogens (tertiary/aromatic N) is 4. The summed E-state index contributed by atoms with van der Waals surface area (Å²) in [4.78, 5) is 17.1. The van der Waals surface area contributed by atoms with E-state index in [1.807, 2.05) is 66.7 Å². The minimum Gasteiger partial charge on any atom is -0.455 e. The van der Waals surface area contributed by atoms with Gasteiger partial charge in [0.2, 0.25) is 0 Å². The summed E-state index contributed by atoms with van der Waals surface area (Å²) in [5.74, 6) is 1.84. The quantitative estimate of drug-likeness (QED) is 0.166. The molecule has 254 valence electrons. The Morgan fingerprint density at radius 3 is 1.65 bits per heavy atom. The zero-order valence-electron chi connectivity index (χ0n) is 29.2. The Morgan fingerprint density at radius 2 is 0.926 bits per heavy atom. The summed E-state index contributed by atoms with van der Waals surface area (Å²) in [6.07, 6.45) is 0. The molecule has 2 heterocycles. The molecule has 0 bridgehead atoms. The fourth-order valence-electron chi connectivity index (χ4n) is 7.26. The van der Waals surface area contributed by atoms with E-state index in [0.29, 0.717) is 17.5 Å². The van der Waals surface area contributed by atoms with Gasteiger partial charge in [-0.2, -0.15) is 0 Å². The van der Waals surface area contributed by atoms with E-state index in [-0.39, 0.29) is 0 Å². The number of para-hydroxylation sites is 2. The Morgan fingerprint density at radius 1 is 0.352 bits per heavy atom. The highest BCUT2D eigenvalue weighted by Crippen LogP contribution is 2.41. The summed E-state index contributed by atoms with van der Waals surface area (Å²) in [6, 6.07) is 67.0. The topological polar surface area (TPSA) is 55.1 Å². The second-order valence-corrected chi connectivity index (χ2v) is 13.3. The van der Waals surface area contributed by atoms with Gasteiger partial charge in [-0.3, -0.25) is 0 Å². The van der Waals surface area contributed by atoms with Crippen LogP contribution in [0, 0.1) is 0 Å². The van der Waals surface area contributed by atoms with Crippen LogP contribution in [0.4, 0.5) is 17.1 Å². The Bertz CT molecular complexity index is 2880. The summed E-state index contributed by atoms with van der Waals surface area (Å²) in [5, 5.41) is 4.50. The van der Waals surface area contributed by atoms with E-state index in [1.54, 1.807) is 0 Å². The van der Waals surface area contributed by atoms with E-state index in [4.69, 9.17) is 19.4 Å². The van der Waals surface area contributed by atoms with Crippen LogP contribution in [-0.4, -0.2) is 15.0 Å². The van der Waals surface area contributed by atoms with Crippen LogP contribution in [0.15, 0.2) is 199 Å². The number of anilines is 3. The molecule has 0 unspecified atom stereocenters. The molecule has 0 saturated carbocycles. The molecule has 0 radical (unpaired) electrons. The summed E-state index contributed by atoms with van der Waals surface area (Å²) >= 11 is 0. The van der Waals surface area contributed by atoms with Gasteiger partial charge in [0.15, 0.2) is 17.5 Å². The van der Waals surface area contributed by atoms with Crippen molar-refractivity contribution in [2.24, 2.45) is 0 Å². The minimum absolute atomic E-state index is 0.590. The third-order valence-corrected chi connectivity index (χ3v) is 9.88. The van der Waals surface area contributed by atoms with Crippen molar-refractivity contribution >= 4 is 49.8 Å². The molecule has 54 heavy (non-hydrogen) atoms. The molecular weight excluding hydrogens is 661 g/mol. The molecule has 0 saturated heterocycles. The van der Waals surface area contributed by atoms with Crippen LogP contribution >= 0.6 is 0 Å². The highest BCUT2D eigenvalue weighted by Gasteiger charge is 2.18. The number of aromatic nitrogens is 3. The van der Waals surface area contributed by atoms with E-state index in [2.05, 4.69) is 132 Å². The van der Waals surface area contributed by atoms with Crippen molar-refractivity contribution in [2.45, 2.75) is 0 Å².